The van der Waals surface area contributed by atoms with E-state index in [1.54, 1.807) is 24.3 Å². The molecule has 0 saturated carbocycles. The van der Waals surface area contributed by atoms with Gasteiger partial charge >= 0.3 is 6.18 Å². The Hall–Kier alpha value is -3.29. The number of hydrogen-bond acceptors (Lipinski definition) is 4. The number of nitrogens with one attached hydrogen (secondary N) is 2. The van der Waals surface area contributed by atoms with Crippen molar-refractivity contribution in [1.29, 1.82) is 0 Å². The summed E-state index contributed by atoms with van der Waals surface area (Å²) in [5, 5.41) is 2.54. The largest absolute Gasteiger partial charge is 0.497 e. The van der Waals surface area contributed by atoms with Gasteiger partial charge < -0.3 is 10.1 Å². The minimum atomic E-state index is -4.53. The van der Waals surface area contributed by atoms with Gasteiger partial charge in [-0.15, -0.1) is 0 Å². The van der Waals surface area contributed by atoms with Crippen molar-refractivity contribution in [3.63, 3.8) is 0 Å². The first-order valence-corrected chi connectivity index (χ1v) is 7.56. The first-order chi connectivity index (χ1) is 12.4. The number of benzene rings is 2. The molecule has 0 amide bonds. The Morgan fingerprint density at radius 3 is 2.58 bits per heavy atom. The molecule has 1 aromatic heterocycles. The van der Waals surface area contributed by atoms with Crippen LogP contribution in [0.15, 0.2) is 59.4 Å². The van der Waals surface area contributed by atoms with Crippen molar-refractivity contribution in [1.82, 2.24) is 9.97 Å². The lowest BCUT2D eigenvalue weighted by molar-refractivity contribution is -0.136. The second kappa shape index (κ2) is 6.91. The van der Waals surface area contributed by atoms with Crippen LogP contribution in [0.25, 0.3) is 11.3 Å². The number of ether oxygens (including phenoxy) is 1. The van der Waals surface area contributed by atoms with E-state index in [0.29, 0.717) is 17.0 Å². The van der Waals surface area contributed by atoms with Crippen LogP contribution < -0.4 is 15.6 Å². The van der Waals surface area contributed by atoms with Gasteiger partial charge in [0.2, 0.25) is 5.95 Å². The normalized spacial score (nSPS) is 11.2. The van der Waals surface area contributed by atoms with Gasteiger partial charge in [-0.2, -0.15) is 13.2 Å². The van der Waals surface area contributed by atoms with Crippen molar-refractivity contribution in [2.75, 3.05) is 12.4 Å². The van der Waals surface area contributed by atoms with E-state index in [4.69, 9.17) is 4.74 Å². The fourth-order valence-corrected chi connectivity index (χ4v) is 2.41. The Bertz CT molecular complexity index is 984. The zero-order valence-corrected chi connectivity index (χ0v) is 13.6. The van der Waals surface area contributed by atoms with E-state index in [2.05, 4.69) is 15.3 Å². The highest BCUT2D eigenvalue weighted by Crippen LogP contribution is 2.35. The number of alkyl halides is 3. The van der Waals surface area contributed by atoms with E-state index in [1.165, 1.54) is 31.4 Å². The minimum absolute atomic E-state index is 0.0907. The van der Waals surface area contributed by atoms with Gasteiger partial charge in [0, 0.05) is 11.6 Å². The monoisotopic (exact) mass is 361 g/mol. The molecule has 2 aromatic carbocycles. The zero-order chi connectivity index (χ0) is 18.7. The highest BCUT2D eigenvalue weighted by Gasteiger charge is 2.33. The van der Waals surface area contributed by atoms with Crippen LogP contribution in [0.4, 0.5) is 24.8 Å². The van der Waals surface area contributed by atoms with Crippen molar-refractivity contribution in [3.05, 3.63) is 70.5 Å². The van der Waals surface area contributed by atoms with Gasteiger partial charge in [-0.3, -0.25) is 9.78 Å². The van der Waals surface area contributed by atoms with Gasteiger partial charge in [-0.05, 0) is 24.3 Å². The first-order valence-electron chi connectivity index (χ1n) is 7.56. The summed E-state index contributed by atoms with van der Waals surface area (Å²) >= 11 is 0. The van der Waals surface area contributed by atoms with Gasteiger partial charge in [-0.25, -0.2) is 4.98 Å². The SMILES string of the molecule is COc1cccc(-c2cc(=O)[nH]c(Nc3ccccc3C(F)(F)F)n2)c1. The van der Waals surface area contributed by atoms with E-state index in [-0.39, 0.29) is 11.6 Å². The molecule has 0 aliphatic heterocycles. The average Bonchev–Trinajstić information content (AvgIpc) is 2.61. The molecule has 0 aliphatic carbocycles. The smallest absolute Gasteiger partial charge is 0.418 e. The van der Waals surface area contributed by atoms with Gasteiger partial charge in [0.05, 0.1) is 24.1 Å². The summed E-state index contributed by atoms with van der Waals surface area (Å²) in [6.45, 7) is 0. The number of anilines is 2. The molecule has 1 heterocycles. The number of H-pyrrole nitrogens is 1. The third-order valence-electron chi connectivity index (χ3n) is 3.59. The van der Waals surface area contributed by atoms with Crippen molar-refractivity contribution in [2.24, 2.45) is 0 Å². The Kier molecular flexibility index (Phi) is 4.66. The molecular weight excluding hydrogens is 347 g/mol. The summed E-state index contributed by atoms with van der Waals surface area (Å²) in [5.74, 6) is 0.480. The Morgan fingerprint density at radius 1 is 1.08 bits per heavy atom. The van der Waals surface area contributed by atoms with E-state index >= 15 is 0 Å². The molecule has 0 aliphatic rings. The maximum absolute atomic E-state index is 13.1. The number of aromatic amines is 1. The molecule has 3 aromatic rings. The third-order valence-corrected chi connectivity index (χ3v) is 3.59. The highest BCUT2D eigenvalue weighted by atomic mass is 19.4. The zero-order valence-electron chi connectivity index (χ0n) is 13.6. The van der Waals surface area contributed by atoms with Crippen LogP contribution in [0.2, 0.25) is 0 Å². The van der Waals surface area contributed by atoms with E-state index in [9.17, 15) is 18.0 Å². The summed E-state index contributed by atoms with van der Waals surface area (Å²) in [4.78, 5) is 18.5. The van der Waals surface area contributed by atoms with Crippen LogP contribution in [0, 0.1) is 0 Å². The molecule has 8 heteroatoms. The Labute approximate surface area is 146 Å². The summed E-state index contributed by atoms with van der Waals surface area (Å²) < 4.78 is 44.5. The second-order valence-corrected chi connectivity index (χ2v) is 5.38. The van der Waals surface area contributed by atoms with Crippen LogP contribution in [-0.4, -0.2) is 17.1 Å². The van der Waals surface area contributed by atoms with Gasteiger partial charge in [0.25, 0.3) is 5.56 Å². The molecule has 0 atom stereocenters. The summed E-state index contributed by atoms with van der Waals surface area (Å²) in [7, 11) is 1.51. The molecule has 3 rings (SSSR count). The highest BCUT2D eigenvalue weighted by molar-refractivity contribution is 5.64. The van der Waals surface area contributed by atoms with Gasteiger partial charge in [0.1, 0.15) is 5.75 Å². The standard InChI is InChI=1S/C18H14F3N3O2/c1-26-12-6-4-5-11(9-12)15-10-16(25)24-17(23-15)22-14-8-3-2-7-13(14)18(19,20)21/h2-10H,1H3,(H2,22,23,24,25). The second-order valence-electron chi connectivity index (χ2n) is 5.38. The van der Waals surface area contributed by atoms with Crippen LogP contribution >= 0.6 is 0 Å². The van der Waals surface area contributed by atoms with Crippen molar-refractivity contribution < 1.29 is 17.9 Å². The minimum Gasteiger partial charge on any atom is -0.497 e. The number of nitrogens with zero attached hydrogens (tertiary/aromatic N) is 1. The predicted octanol–water partition coefficient (Wildman–Crippen LogP) is 4.21. The first kappa shape index (κ1) is 17.5. The lowest BCUT2D eigenvalue weighted by Gasteiger charge is -2.14. The van der Waals surface area contributed by atoms with Gasteiger partial charge in [-0.1, -0.05) is 24.3 Å². The number of hydrogen-bond donors (Lipinski definition) is 2. The van der Waals surface area contributed by atoms with Crippen LogP contribution in [0.3, 0.4) is 0 Å². The quantitative estimate of drug-likeness (QED) is 0.731. The molecule has 2 N–H and O–H groups in total. The van der Waals surface area contributed by atoms with E-state index < -0.39 is 17.3 Å². The number of methoxy groups -OCH3 is 1. The third kappa shape index (κ3) is 3.85. The summed E-state index contributed by atoms with van der Waals surface area (Å²) in [5.41, 5.74) is -0.646. The Balaban J connectivity index is 2.01. The van der Waals surface area contributed by atoms with E-state index in [0.717, 1.165) is 6.07 Å². The number of para-hydroxylation sites is 1. The van der Waals surface area contributed by atoms with E-state index in [1.807, 2.05) is 0 Å². The topological polar surface area (TPSA) is 67.0 Å². The van der Waals surface area contributed by atoms with Crippen molar-refractivity contribution in [2.45, 2.75) is 6.18 Å². The fraction of sp³-hybridized carbons (Fsp3) is 0.111. The maximum atomic E-state index is 13.1. The molecule has 0 spiro atoms. The number of rotatable bonds is 4. The van der Waals surface area contributed by atoms with Crippen LogP contribution in [0.1, 0.15) is 5.56 Å². The number of halogens is 3. The maximum Gasteiger partial charge on any atom is 0.418 e. The molecule has 5 nitrogen and oxygen atoms in total. The summed E-state index contributed by atoms with van der Waals surface area (Å²) in [6, 6.07) is 13.1. The fourth-order valence-electron chi connectivity index (χ4n) is 2.41. The van der Waals surface area contributed by atoms with Gasteiger partial charge in [0.15, 0.2) is 0 Å². The molecule has 0 fully saturated rings. The molecular formula is C18H14F3N3O2. The van der Waals surface area contributed by atoms with Crippen molar-refractivity contribution in [3.8, 4) is 17.0 Å². The summed E-state index contributed by atoms with van der Waals surface area (Å²) in [6.07, 6.45) is -4.53. The molecule has 0 saturated heterocycles. The van der Waals surface area contributed by atoms with Crippen LogP contribution in [-0.2, 0) is 6.18 Å². The Morgan fingerprint density at radius 2 is 1.85 bits per heavy atom. The lowest BCUT2D eigenvalue weighted by Crippen LogP contribution is -2.13. The molecule has 26 heavy (non-hydrogen) atoms. The molecule has 0 bridgehead atoms. The number of aromatic nitrogens is 2. The van der Waals surface area contributed by atoms with Crippen molar-refractivity contribution >= 4 is 11.6 Å². The van der Waals surface area contributed by atoms with Crippen LogP contribution in [0.5, 0.6) is 5.75 Å². The lowest BCUT2D eigenvalue weighted by atomic mass is 10.1. The predicted molar refractivity (Wildman–Crippen MR) is 91.6 cm³/mol. The molecule has 134 valence electrons. The molecule has 0 radical (unpaired) electrons. The molecule has 0 unspecified atom stereocenters. The average molecular weight is 361 g/mol.